The van der Waals surface area contributed by atoms with Crippen molar-refractivity contribution in [1.82, 2.24) is 9.97 Å². The van der Waals surface area contributed by atoms with Gasteiger partial charge in [-0.05, 0) is 23.8 Å². The molecule has 3 rings (SSSR count). The Morgan fingerprint density at radius 1 is 0.950 bits per heavy atom. The summed E-state index contributed by atoms with van der Waals surface area (Å²) in [5.41, 5.74) is 7.73. The van der Waals surface area contributed by atoms with Crippen molar-refractivity contribution >= 4 is 39.4 Å². The number of benzene rings is 2. The molecule has 1 aromatic heterocycles. The van der Waals surface area contributed by atoms with Crippen LogP contribution in [-0.4, -0.2) is 9.97 Å². The minimum absolute atomic E-state index is 0.435. The van der Waals surface area contributed by atoms with Gasteiger partial charge in [-0.3, -0.25) is 0 Å². The van der Waals surface area contributed by atoms with Gasteiger partial charge < -0.3 is 5.73 Å². The maximum Gasteiger partial charge on any atom is 0.173 e. The van der Waals surface area contributed by atoms with Crippen LogP contribution >= 0.6 is 11.6 Å². The lowest BCUT2D eigenvalue weighted by molar-refractivity contribution is 1.19. The van der Waals surface area contributed by atoms with E-state index >= 15 is 0 Å². The number of rotatable bonds is 2. The zero-order valence-corrected chi connectivity index (χ0v) is 11.4. The van der Waals surface area contributed by atoms with Crippen LogP contribution in [0.2, 0.25) is 0 Å². The minimum Gasteiger partial charge on any atom is -0.383 e. The van der Waals surface area contributed by atoms with Crippen molar-refractivity contribution in [3.63, 3.8) is 0 Å². The SMILES string of the molecule is Nc1nc(C(Cl)=Cc2ccccc2)nc2ccccc12. The molecule has 0 atom stereocenters. The number of anilines is 1. The van der Waals surface area contributed by atoms with E-state index in [1.807, 2.05) is 60.7 Å². The fraction of sp³-hybridized carbons (Fsp3) is 0. The van der Waals surface area contributed by atoms with Gasteiger partial charge in [-0.25, -0.2) is 9.97 Å². The molecule has 98 valence electrons. The second-order valence-electron chi connectivity index (χ2n) is 4.35. The Morgan fingerprint density at radius 2 is 1.65 bits per heavy atom. The molecule has 1 heterocycles. The average molecular weight is 282 g/mol. The van der Waals surface area contributed by atoms with Gasteiger partial charge in [-0.2, -0.15) is 0 Å². The van der Waals surface area contributed by atoms with Gasteiger partial charge in [0.1, 0.15) is 5.82 Å². The van der Waals surface area contributed by atoms with Crippen molar-refractivity contribution in [1.29, 1.82) is 0 Å². The van der Waals surface area contributed by atoms with Crippen molar-refractivity contribution < 1.29 is 0 Å². The monoisotopic (exact) mass is 281 g/mol. The summed E-state index contributed by atoms with van der Waals surface area (Å²) in [5, 5.41) is 1.30. The summed E-state index contributed by atoms with van der Waals surface area (Å²) >= 11 is 6.29. The topological polar surface area (TPSA) is 51.8 Å². The summed E-state index contributed by atoms with van der Waals surface area (Å²) in [6, 6.07) is 17.4. The first-order valence-corrected chi connectivity index (χ1v) is 6.57. The number of nitrogens with two attached hydrogens (primary N) is 1. The third-order valence-corrected chi connectivity index (χ3v) is 3.22. The molecule has 3 nitrogen and oxygen atoms in total. The van der Waals surface area contributed by atoms with Crippen molar-refractivity contribution in [3.05, 3.63) is 66.0 Å². The van der Waals surface area contributed by atoms with Crippen molar-refractivity contribution in [2.24, 2.45) is 0 Å². The smallest absolute Gasteiger partial charge is 0.173 e. The van der Waals surface area contributed by atoms with E-state index < -0.39 is 0 Å². The molecule has 0 aliphatic rings. The molecule has 20 heavy (non-hydrogen) atoms. The molecule has 0 saturated heterocycles. The van der Waals surface area contributed by atoms with E-state index in [1.165, 1.54) is 0 Å². The average Bonchev–Trinajstić information content (AvgIpc) is 2.48. The van der Waals surface area contributed by atoms with Gasteiger partial charge >= 0.3 is 0 Å². The van der Waals surface area contributed by atoms with Gasteiger partial charge in [-0.1, -0.05) is 54.1 Å². The van der Waals surface area contributed by atoms with Crippen LogP contribution in [0.5, 0.6) is 0 Å². The predicted octanol–water partition coefficient (Wildman–Crippen LogP) is 3.95. The van der Waals surface area contributed by atoms with Crippen LogP contribution in [0.25, 0.3) is 22.0 Å². The zero-order chi connectivity index (χ0) is 13.9. The lowest BCUT2D eigenvalue weighted by Gasteiger charge is -2.04. The molecule has 4 heteroatoms. The standard InChI is InChI=1S/C16H12ClN3/c17-13(10-11-6-2-1-3-7-11)16-19-14-9-5-4-8-12(14)15(18)20-16/h1-10H,(H2,18,19,20). The lowest BCUT2D eigenvalue weighted by atomic mass is 10.2. The van der Waals surface area contributed by atoms with Gasteiger partial charge in [-0.15, -0.1) is 0 Å². The third-order valence-electron chi connectivity index (χ3n) is 2.94. The summed E-state index contributed by atoms with van der Waals surface area (Å²) in [7, 11) is 0. The Bertz CT molecular complexity index is 782. The zero-order valence-electron chi connectivity index (χ0n) is 10.6. The molecule has 0 amide bonds. The van der Waals surface area contributed by atoms with Crippen molar-refractivity contribution in [2.75, 3.05) is 5.73 Å². The van der Waals surface area contributed by atoms with Gasteiger partial charge in [0.25, 0.3) is 0 Å². The van der Waals surface area contributed by atoms with Crippen LogP contribution in [0.1, 0.15) is 11.4 Å². The number of para-hydroxylation sites is 1. The van der Waals surface area contributed by atoms with Gasteiger partial charge in [0, 0.05) is 5.39 Å². The summed E-state index contributed by atoms with van der Waals surface area (Å²) in [6.07, 6.45) is 1.82. The largest absolute Gasteiger partial charge is 0.383 e. The van der Waals surface area contributed by atoms with E-state index in [4.69, 9.17) is 17.3 Å². The van der Waals surface area contributed by atoms with Crippen molar-refractivity contribution in [2.45, 2.75) is 0 Å². The quantitative estimate of drug-likeness (QED) is 0.774. The Labute approximate surface area is 121 Å². The van der Waals surface area contributed by atoms with Gasteiger partial charge in [0.15, 0.2) is 5.82 Å². The second kappa shape index (κ2) is 5.31. The van der Waals surface area contributed by atoms with E-state index in [2.05, 4.69) is 9.97 Å². The molecule has 0 aliphatic carbocycles. The number of halogens is 1. The molecule has 0 radical (unpaired) electrons. The van der Waals surface area contributed by atoms with Crippen LogP contribution in [0.4, 0.5) is 5.82 Å². The molecular weight excluding hydrogens is 270 g/mol. The summed E-state index contributed by atoms with van der Waals surface area (Å²) in [6.45, 7) is 0. The molecule has 3 aromatic rings. The molecule has 0 unspecified atom stereocenters. The van der Waals surface area contributed by atoms with Crippen LogP contribution in [0.15, 0.2) is 54.6 Å². The molecule has 2 aromatic carbocycles. The summed E-state index contributed by atoms with van der Waals surface area (Å²) in [5.74, 6) is 0.872. The molecule has 0 aliphatic heterocycles. The lowest BCUT2D eigenvalue weighted by Crippen LogP contribution is -1.98. The summed E-state index contributed by atoms with van der Waals surface area (Å²) < 4.78 is 0. The van der Waals surface area contributed by atoms with E-state index in [-0.39, 0.29) is 0 Å². The molecule has 0 fully saturated rings. The van der Waals surface area contributed by atoms with Gasteiger partial charge in [0.05, 0.1) is 10.5 Å². The molecule has 0 bridgehead atoms. The highest BCUT2D eigenvalue weighted by Crippen LogP contribution is 2.24. The van der Waals surface area contributed by atoms with E-state index in [0.29, 0.717) is 16.7 Å². The highest BCUT2D eigenvalue weighted by molar-refractivity contribution is 6.50. The highest BCUT2D eigenvalue weighted by Gasteiger charge is 2.07. The van der Waals surface area contributed by atoms with Crippen molar-refractivity contribution in [3.8, 4) is 0 Å². The van der Waals surface area contributed by atoms with Crippen LogP contribution < -0.4 is 5.73 Å². The maximum atomic E-state index is 6.29. The van der Waals surface area contributed by atoms with Gasteiger partial charge in [0.2, 0.25) is 0 Å². The Morgan fingerprint density at radius 3 is 2.45 bits per heavy atom. The van der Waals surface area contributed by atoms with E-state index in [1.54, 1.807) is 0 Å². The number of fused-ring (bicyclic) bond motifs is 1. The Kier molecular flexibility index (Phi) is 3.35. The maximum absolute atomic E-state index is 6.29. The molecule has 0 saturated carbocycles. The van der Waals surface area contributed by atoms with Crippen LogP contribution in [-0.2, 0) is 0 Å². The number of nitrogens with zero attached hydrogens (tertiary/aromatic N) is 2. The predicted molar refractivity (Wildman–Crippen MR) is 84.1 cm³/mol. The minimum atomic E-state index is 0.435. The summed E-state index contributed by atoms with van der Waals surface area (Å²) in [4.78, 5) is 8.70. The van der Waals surface area contributed by atoms with E-state index in [9.17, 15) is 0 Å². The number of aromatic nitrogens is 2. The normalized spacial score (nSPS) is 11.8. The first-order valence-electron chi connectivity index (χ1n) is 6.19. The molecule has 2 N–H and O–H groups in total. The molecule has 0 spiro atoms. The second-order valence-corrected chi connectivity index (χ2v) is 4.76. The van der Waals surface area contributed by atoms with E-state index in [0.717, 1.165) is 16.5 Å². The highest BCUT2D eigenvalue weighted by atomic mass is 35.5. The van der Waals surface area contributed by atoms with Crippen LogP contribution in [0.3, 0.4) is 0 Å². The first kappa shape index (κ1) is 12.6. The van der Waals surface area contributed by atoms with Crippen LogP contribution in [0, 0.1) is 0 Å². The fourth-order valence-electron chi connectivity index (χ4n) is 1.97. The number of hydrogen-bond acceptors (Lipinski definition) is 3. The fourth-order valence-corrected chi connectivity index (χ4v) is 2.18. The Balaban J connectivity index is 2.08. The first-order chi connectivity index (χ1) is 9.74. The number of hydrogen-bond donors (Lipinski definition) is 1. The molecular formula is C16H12ClN3. The number of nitrogen functional groups attached to an aromatic ring is 1. The Hall–Kier alpha value is -2.39. The third kappa shape index (κ3) is 2.49.